The number of nitrogens with zero attached hydrogens (tertiary/aromatic N) is 1. The number of ether oxygens (including phenoxy) is 1. The van der Waals surface area contributed by atoms with Gasteiger partial charge in [0, 0.05) is 16.7 Å². The van der Waals surface area contributed by atoms with Crippen molar-refractivity contribution < 1.29 is 19.4 Å². The zero-order valence-electron chi connectivity index (χ0n) is 15.2. The zero-order chi connectivity index (χ0) is 20.3. The average Bonchev–Trinajstić information content (AvgIpc) is 2.94. The maximum absolute atomic E-state index is 11.6. The lowest BCUT2D eigenvalue weighted by Gasteiger charge is -2.12. The van der Waals surface area contributed by atoms with Crippen LogP contribution in [0.3, 0.4) is 0 Å². The molecular weight excluding hydrogens is 426 g/mol. The summed E-state index contributed by atoms with van der Waals surface area (Å²) in [4.78, 5) is 22.6. The summed E-state index contributed by atoms with van der Waals surface area (Å²) < 4.78 is 8.53. The van der Waals surface area contributed by atoms with Crippen LogP contribution in [0.4, 0.5) is 10.5 Å². The van der Waals surface area contributed by atoms with E-state index in [2.05, 4.69) is 25.8 Å². The molecule has 0 saturated heterocycles. The van der Waals surface area contributed by atoms with Crippen molar-refractivity contribution in [3.8, 4) is 5.75 Å². The van der Waals surface area contributed by atoms with Gasteiger partial charge in [-0.2, -0.15) is 0 Å². The summed E-state index contributed by atoms with van der Waals surface area (Å²) in [5.41, 5.74) is 8.69. The van der Waals surface area contributed by atoms with Gasteiger partial charge in [-0.15, -0.1) is 0 Å². The number of hydrogen-bond acceptors (Lipinski definition) is 3. The molecule has 0 atom stereocenters. The molecule has 0 spiro atoms. The van der Waals surface area contributed by atoms with Crippen LogP contribution in [0.1, 0.15) is 18.2 Å². The number of halogens is 1. The fourth-order valence-electron chi connectivity index (χ4n) is 3.28. The maximum atomic E-state index is 11.6. The third-order valence-electron chi connectivity index (χ3n) is 4.38. The van der Waals surface area contributed by atoms with Gasteiger partial charge < -0.3 is 25.5 Å². The summed E-state index contributed by atoms with van der Waals surface area (Å²) in [6, 6.07) is 12.6. The van der Waals surface area contributed by atoms with Crippen molar-refractivity contribution in [1.29, 1.82) is 0 Å². The highest BCUT2D eigenvalue weighted by Crippen LogP contribution is 2.39. The first kappa shape index (κ1) is 19.8. The van der Waals surface area contributed by atoms with Gasteiger partial charge in [-0.05, 0) is 30.2 Å². The second kappa shape index (κ2) is 8.35. The van der Waals surface area contributed by atoms with E-state index in [0.29, 0.717) is 29.8 Å². The largest absolute Gasteiger partial charge is 0.481 e. The predicted molar refractivity (Wildman–Crippen MR) is 111 cm³/mol. The van der Waals surface area contributed by atoms with E-state index in [4.69, 9.17) is 15.6 Å². The molecule has 1 heterocycles. The number of urea groups is 1. The Hall–Kier alpha value is -3.00. The molecule has 4 N–H and O–H groups in total. The second-order valence-corrected chi connectivity index (χ2v) is 7.03. The third kappa shape index (κ3) is 3.96. The second-order valence-electron chi connectivity index (χ2n) is 6.17. The van der Waals surface area contributed by atoms with E-state index in [0.717, 1.165) is 21.2 Å². The number of rotatable bonds is 7. The number of primary amides is 1. The molecule has 146 valence electrons. The lowest BCUT2D eigenvalue weighted by atomic mass is 10.2. The van der Waals surface area contributed by atoms with Gasteiger partial charge in [0.15, 0.2) is 6.61 Å². The Bertz CT molecular complexity index is 1050. The van der Waals surface area contributed by atoms with Crippen LogP contribution in [-0.4, -0.2) is 28.3 Å². The van der Waals surface area contributed by atoms with E-state index in [1.807, 2.05) is 37.3 Å². The predicted octanol–water partition coefficient (Wildman–Crippen LogP) is 3.97. The maximum Gasteiger partial charge on any atom is 0.341 e. The highest BCUT2D eigenvalue weighted by Gasteiger charge is 2.21. The summed E-state index contributed by atoms with van der Waals surface area (Å²) >= 11 is 3.57. The number of aromatic nitrogens is 1. The summed E-state index contributed by atoms with van der Waals surface area (Å²) in [6.07, 6.45) is 0.632. The van der Waals surface area contributed by atoms with Crippen molar-refractivity contribution in [3.63, 3.8) is 0 Å². The Labute approximate surface area is 170 Å². The summed E-state index contributed by atoms with van der Waals surface area (Å²) in [6.45, 7) is 2.06. The Kier molecular flexibility index (Phi) is 5.89. The quantitative estimate of drug-likeness (QED) is 0.511. The first-order chi connectivity index (χ1) is 13.4. The molecule has 3 aromatic rings. The van der Waals surface area contributed by atoms with Crippen LogP contribution in [0, 0.1) is 0 Å². The van der Waals surface area contributed by atoms with Crippen LogP contribution in [0.5, 0.6) is 5.75 Å². The SMILES string of the molecule is CCc1c(NC(N)=O)c2c(OCC(=O)O)cccc2n1Cc1ccccc1Br. The number of nitrogens with one attached hydrogen (secondary N) is 1. The number of benzene rings is 2. The Morgan fingerprint density at radius 3 is 2.61 bits per heavy atom. The monoisotopic (exact) mass is 445 g/mol. The van der Waals surface area contributed by atoms with Crippen molar-refractivity contribution in [2.75, 3.05) is 11.9 Å². The molecule has 7 nitrogen and oxygen atoms in total. The zero-order valence-corrected chi connectivity index (χ0v) is 16.8. The summed E-state index contributed by atoms with van der Waals surface area (Å²) in [5, 5.41) is 12.3. The van der Waals surface area contributed by atoms with Crippen LogP contribution >= 0.6 is 15.9 Å². The van der Waals surface area contributed by atoms with Gasteiger partial charge in [0.2, 0.25) is 0 Å². The number of nitrogens with two attached hydrogens (primary N) is 1. The minimum absolute atomic E-state index is 0.379. The molecular formula is C20H20BrN3O4. The molecule has 0 unspecified atom stereocenters. The standard InChI is InChI=1S/C20H20BrN3O4/c1-2-14-19(23-20(22)27)18-15(8-5-9-16(18)28-11-17(25)26)24(14)10-12-6-3-4-7-13(12)21/h3-9H,2,10-11H2,1H3,(H,25,26)(H3,22,23,27). The van der Waals surface area contributed by atoms with E-state index in [1.165, 1.54) is 0 Å². The highest BCUT2D eigenvalue weighted by atomic mass is 79.9. The number of carbonyl (C=O) groups is 2. The first-order valence-corrected chi connectivity index (χ1v) is 9.50. The Morgan fingerprint density at radius 1 is 1.21 bits per heavy atom. The number of carboxylic acid groups (broad SMARTS) is 1. The van der Waals surface area contributed by atoms with Gasteiger partial charge in [-0.3, -0.25) is 0 Å². The van der Waals surface area contributed by atoms with E-state index in [-0.39, 0.29) is 0 Å². The fraction of sp³-hybridized carbons (Fsp3) is 0.200. The van der Waals surface area contributed by atoms with Crippen LogP contribution in [0.25, 0.3) is 10.9 Å². The molecule has 2 amide bonds. The smallest absolute Gasteiger partial charge is 0.341 e. The van der Waals surface area contributed by atoms with Crippen molar-refractivity contribution in [2.24, 2.45) is 5.73 Å². The first-order valence-electron chi connectivity index (χ1n) is 8.70. The number of hydrogen-bond donors (Lipinski definition) is 3. The molecule has 0 bridgehead atoms. The van der Waals surface area contributed by atoms with Gasteiger partial charge in [0.05, 0.1) is 16.6 Å². The molecule has 0 aliphatic carbocycles. The minimum Gasteiger partial charge on any atom is -0.481 e. The fourth-order valence-corrected chi connectivity index (χ4v) is 3.69. The van der Waals surface area contributed by atoms with E-state index < -0.39 is 18.6 Å². The molecule has 0 aliphatic heterocycles. The highest BCUT2D eigenvalue weighted by molar-refractivity contribution is 9.10. The number of carboxylic acids is 1. The van der Waals surface area contributed by atoms with Crippen LogP contribution < -0.4 is 15.8 Å². The topological polar surface area (TPSA) is 107 Å². The summed E-state index contributed by atoms with van der Waals surface area (Å²) in [5.74, 6) is -0.700. The van der Waals surface area contributed by atoms with Gasteiger partial charge in [0.25, 0.3) is 0 Å². The number of fused-ring (bicyclic) bond motifs is 1. The van der Waals surface area contributed by atoms with E-state index >= 15 is 0 Å². The van der Waals surface area contributed by atoms with Crippen molar-refractivity contribution in [2.45, 2.75) is 19.9 Å². The lowest BCUT2D eigenvalue weighted by molar-refractivity contribution is -0.139. The molecule has 0 aliphatic rings. The average molecular weight is 446 g/mol. The molecule has 0 fully saturated rings. The minimum atomic E-state index is -1.08. The normalized spacial score (nSPS) is 10.8. The summed E-state index contributed by atoms with van der Waals surface area (Å²) in [7, 11) is 0. The third-order valence-corrected chi connectivity index (χ3v) is 5.15. The van der Waals surface area contributed by atoms with Crippen molar-refractivity contribution in [1.82, 2.24) is 4.57 Å². The van der Waals surface area contributed by atoms with Gasteiger partial charge in [-0.1, -0.05) is 47.1 Å². The van der Waals surface area contributed by atoms with Crippen LogP contribution in [-0.2, 0) is 17.8 Å². The number of amides is 2. The van der Waals surface area contributed by atoms with Crippen LogP contribution in [0.2, 0.25) is 0 Å². The molecule has 3 rings (SSSR count). The van der Waals surface area contributed by atoms with Gasteiger partial charge in [0.1, 0.15) is 5.75 Å². The molecule has 1 aromatic heterocycles. The van der Waals surface area contributed by atoms with E-state index in [1.54, 1.807) is 12.1 Å². The lowest BCUT2D eigenvalue weighted by Crippen LogP contribution is -2.20. The molecule has 2 aromatic carbocycles. The molecule has 0 saturated carbocycles. The van der Waals surface area contributed by atoms with Crippen LogP contribution in [0.15, 0.2) is 46.9 Å². The molecule has 28 heavy (non-hydrogen) atoms. The number of anilines is 1. The number of aliphatic carboxylic acids is 1. The van der Waals surface area contributed by atoms with Gasteiger partial charge in [-0.25, -0.2) is 9.59 Å². The number of carbonyl (C=O) groups excluding carboxylic acids is 1. The molecule has 0 radical (unpaired) electrons. The molecule has 8 heteroatoms. The van der Waals surface area contributed by atoms with Gasteiger partial charge >= 0.3 is 12.0 Å². The Morgan fingerprint density at radius 2 is 1.96 bits per heavy atom. The van der Waals surface area contributed by atoms with Crippen molar-refractivity contribution in [3.05, 3.63) is 58.2 Å². The van der Waals surface area contributed by atoms with E-state index in [9.17, 15) is 9.59 Å². The Balaban J connectivity index is 2.22. The van der Waals surface area contributed by atoms with Crippen molar-refractivity contribution >= 4 is 44.5 Å².